The number of halogens is 1. The van der Waals surface area contributed by atoms with Gasteiger partial charge < -0.3 is 14.2 Å². The molecule has 2 heterocycles. The van der Waals surface area contributed by atoms with Crippen molar-refractivity contribution in [1.29, 1.82) is 0 Å². The van der Waals surface area contributed by atoms with Gasteiger partial charge in [-0.2, -0.15) is 0 Å². The van der Waals surface area contributed by atoms with Crippen molar-refractivity contribution in [3.05, 3.63) is 59.4 Å². The standard InChI is InChI=1S/C22H24ClN3O2/c1-16(27)25-13-4-8-21(25)22-24-19-6-2-3-7-20(19)26(22)14-5-15-28-18-11-9-17(23)10-12-18/h2-3,6-7,9-12,21H,4-5,8,13-15H2,1H3. The highest BCUT2D eigenvalue weighted by Crippen LogP contribution is 2.33. The minimum absolute atomic E-state index is 0.0575. The van der Waals surface area contributed by atoms with Gasteiger partial charge in [0.25, 0.3) is 0 Å². The van der Waals surface area contributed by atoms with E-state index >= 15 is 0 Å². The Morgan fingerprint density at radius 3 is 2.79 bits per heavy atom. The normalized spacial score (nSPS) is 16.6. The fraction of sp³-hybridized carbons (Fsp3) is 0.364. The van der Waals surface area contributed by atoms with Crippen molar-refractivity contribution < 1.29 is 9.53 Å². The Hall–Kier alpha value is -2.53. The van der Waals surface area contributed by atoms with Crippen LogP contribution in [0.3, 0.4) is 0 Å². The maximum Gasteiger partial charge on any atom is 0.220 e. The first-order chi connectivity index (χ1) is 13.6. The molecule has 6 heteroatoms. The first kappa shape index (κ1) is 18.8. The molecule has 1 unspecified atom stereocenters. The molecule has 0 bridgehead atoms. The van der Waals surface area contributed by atoms with Crippen LogP contribution in [-0.2, 0) is 11.3 Å². The maximum atomic E-state index is 12.1. The Balaban J connectivity index is 1.52. The molecule has 0 saturated carbocycles. The van der Waals surface area contributed by atoms with Crippen LogP contribution in [0.5, 0.6) is 5.75 Å². The van der Waals surface area contributed by atoms with Gasteiger partial charge in [0.1, 0.15) is 11.6 Å². The molecule has 0 radical (unpaired) electrons. The lowest BCUT2D eigenvalue weighted by atomic mass is 10.2. The summed E-state index contributed by atoms with van der Waals surface area (Å²) in [7, 11) is 0. The molecular formula is C22H24ClN3O2. The Morgan fingerprint density at radius 1 is 1.21 bits per heavy atom. The molecule has 1 saturated heterocycles. The van der Waals surface area contributed by atoms with Gasteiger partial charge in [-0.15, -0.1) is 0 Å². The molecule has 1 atom stereocenters. The van der Waals surface area contributed by atoms with Crippen molar-refractivity contribution in [2.75, 3.05) is 13.2 Å². The highest BCUT2D eigenvalue weighted by molar-refractivity contribution is 6.30. The second-order valence-corrected chi connectivity index (χ2v) is 7.57. The fourth-order valence-electron chi connectivity index (χ4n) is 3.94. The van der Waals surface area contributed by atoms with Gasteiger partial charge in [0, 0.05) is 25.0 Å². The topological polar surface area (TPSA) is 47.4 Å². The van der Waals surface area contributed by atoms with Crippen molar-refractivity contribution in [3.63, 3.8) is 0 Å². The number of aromatic nitrogens is 2. The van der Waals surface area contributed by atoms with Gasteiger partial charge in [-0.05, 0) is 55.7 Å². The number of benzene rings is 2. The summed E-state index contributed by atoms with van der Waals surface area (Å²) in [6.45, 7) is 3.86. The number of hydrogen-bond acceptors (Lipinski definition) is 3. The summed E-state index contributed by atoms with van der Waals surface area (Å²) < 4.78 is 8.10. The number of rotatable bonds is 6. The van der Waals surface area contributed by atoms with E-state index in [0.717, 1.165) is 55.0 Å². The number of imidazole rings is 1. The average molecular weight is 398 g/mol. The Labute approximate surface area is 169 Å². The molecule has 1 aromatic heterocycles. The van der Waals surface area contributed by atoms with E-state index in [0.29, 0.717) is 11.6 Å². The molecule has 0 aliphatic carbocycles. The summed E-state index contributed by atoms with van der Waals surface area (Å²) >= 11 is 5.92. The van der Waals surface area contributed by atoms with Gasteiger partial charge in [-0.25, -0.2) is 4.98 Å². The van der Waals surface area contributed by atoms with Crippen LogP contribution in [0.1, 0.15) is 38.1 Å². The van der Waals surface area contributed by atoms with Gasteiger partial charge >= 0.3 is 0 Å². The van der Waals surface area contributed by atoms with E-state index in [9.17, 15) is 4.79 Å². The summed E-state index contributed by atoms with van der Waals surface area (Å²) in [5.74, 6) is 1.92. The number of ether oxygens (including phenoxy) is 1. The van der Waals surface area contributed by atoms with Gasteiger partial charge in [-0.1, -0.05) is 23.7 Å². The summed E-state index contributed by atoms with van der Waals surface area (Å²) in [6, 6.07) is 15.6. The van der Waals surface area contributed by atoms with Crippen LogP contribution in [0, 0.1) is 0 Å². The number of carbonyl (C=O) groups excluding carboxylic acids is 1. The van der Waals surface area contributed by atoms with E-state index in [1.807, 2.05) is 47.4 Å². The Bertz CT molecular complexity index is 968. The van der Waals surface area contributed by atoms with E-state index < -0.39 is 0 Å². The molecule has 1 fully saturated rings. The van der Waals surface area contributed by atoms with E-state index in [1.165, 1.54) is 0 Å². The molecule has 4 rings (SSSR count). The van der Waals surface area contributed by atoms with Gasteiger partial charge in [0.05, 0.1) is 23.7 Å². The average Bonchev–Trinajstić information content (AvgIpc) is 3.31. The first-order valence-corrected chi connectivity index (χ1v) is 10.1. The predicted octanol–water partition coefficient (Wildman–Crippen LogP) is 4.84. The van der Waals surface area contributed by atoms with Crippen LogP contribution < -0.4 is 4.74 Å². The minimum atomic E-state index is 0.0575. The molecule has 1 amide bonds. The number of fused-ring (bicyclic) bond motifs is 1. The zero-order chi connectivity index (χ0) is 19.5. The van der Waals surface area contributed by atoms with E-state index in [4.69, 9.17) is 21.3 Å². The highest BCUT2D eigenvalue weighted by Gasteiger charge is 2.31. The SMILES string of the molecule is CC(=O)N1CCCC1c1nc2ccccc2n1CCCOc1ccc(Cl)cc1. The largest absolute Gasteiger partial charge is 0.494 e. The predicted molar refractivity (Wildman–Crippen MR) is 111 cm³/mol. The quantitative estimate of drug-likeness (QED) is 0.559. The van der Waals surface area contributed by atoms with Crippen molar-refractivity contribution in [1.82, 2.24) is 14.5 Å². The summed E-state index contributed by atoms with van der Waals surface area (Å²) in [6.07, 6.45) is 2.83. The Morgan fingerprint density at radius 2 is 2.00 bits per heavy atom. The monoisotopic (exact) mass is 397 g/mol. The molecular weight excluding hydrogens is 374 g/mol. The molecule has 28 heavy (non-hydrogen) atoms. The number of aryl methyl sites for hydroxylation is 1. The van der Waals surface area contributed by atoms with Gasteiger partial charge in [0.2, 0.25) is 5.91 Å². The maximum absolute atomic E-state index is 12.1. The van der Waals surface area contributed by atoms with Gasteiger partial charge in [-0.3, -0.25) is 4.79 Å². The van der Waals surface area contributed by atoms with E-state index in [2.05, 4.69) is 10.6 Å². The number of likely N-dealkylation sites (tertiary alicyclic amines) is 1. The zero-order valence-corrected chi connectivity index (χ0v) is 16.7. The number of nitrogens with zero attached hydrogens (tertiary/aromatic N) is 3. The molecule has 146 valence electrons. The zero-order valence-electron chi connectivity index (χ0n) is 16.0. The van der Waals surface area contributed by atoms with Crippen molar-refractivity contribution in [2.24, 2.45) is 0 Å². The fourth-order valence-corrected chi connectivity index (χ4v) is 4.07. The van der Waals surface area contributed by atoms with Crippen molar-refractivity contribution in [3.8, 4) is 5.75 Å². The number of carbonyl (C=O) groups is 1. The summed E-state index contributed by atoms with van der Waals surface area (Å²) in [4.78, 5) is 18.9. The van der Waals surface area contributed by atoms with Crippen LogP contribution in [0.25, 0.3) is 11.0 Å². The van der Waals surface area contributed by atoms with Crippen molar-refractivity contribution in [2.45, 2.75) is 38.8 Å². The minimum Gasteiger partial charge on any atom is -0.494 e. The highest BCUT2D eigenvalue weighted by atomic mass is 35.5. The second kappa shape index (κ2) is 8.23. The van der Waals surface area contributed by atoms with Crippen LogP contribution in [0.15, 0.2) is 48.5 Å². The number of amides is 1. The number of hydrogen-bond donors (Lipinski definition) is 0. The van der Waals surface area contributed by atoms with Crippen LogP contribution in [0.2, 0.25) is 5.02 Å². The molecule has 0 N–H and O–H groups in total. The molecule has 3 aromatic rings. The molecule has 1 aliphatic heterocycles. The summed E-state index contributed by atoms with van der Waals surface area (Å²) in [5, 5.41) is 0.702. The van der Waals surface area contributed by atoms with Crippen LogP contribution >= 0.6 is 11.6 Å². The first-order valence-electron chi connectivity index (χ1n) is 9.74. The van der Waals surface area contributed by atoms with E-state index in [-0.39, 0.29) is 11.9 Å². The third-order valence-electron chi connectivity index (χ3n) is 5.25. The molecule has 1 aliphatic rings. The second-order valence-electron chi connectivity index (χ2n) is 7.14. The van der Waals surface area contributed by atoms with Gasteiger partial charge in [0.15, 0.2) is 0 Å². The number of para-hydroxylation sites is 2. The molecule has 0 spiro atoms. The van der Waals surface area contributed by atoms with E-state index in [1.54, 1.807) is 6.92 Å². The van der Waals surface area contributed by atoms with Crippen molar-refractivity contribution >= 4 is 28.5 Å². The third-order valence-corrected chi connectivity index (χ3v) is 5.50. The van der Waals surface area contributed by atoms with Crippen LogP contribution in [-0.4, -0.2) is 33.5 Å². The molecule has 5 nitrogen and oxygen atoms in total. The third kappa shape index (κ3) is 3.85. The smallest absolute Gasteiger partial charge is 0.220 e. The lowest BCUT2D eigenvalue weighted by Crippen LogP contribution is -2.30. The molecule has 2 aromatic carbocycles. The lowest BCUT2D eigenvalue weighted by molar-refractivity contribution is -0.129. The Kier molecular flexibility index (Phi) is 5.53. The van der Waals surface area contributed by atoms with Crippen LogP contribution in [0.4, 0.5) is 0 Å². The lowest BCUT2D eigenvalue weighted by Gasteiger charge is -2.24. The summed E-state index contributed by atoms with van der Waals surface area (Å²) in [5.41, 5.74) is 2.09.